The molecule has 132 valence electrons. The van der Waals surface area contributed by atoms with Gasteiger partial charge in [-0.1, -0.05) is 24.3 Å². The Morgan fingerprint density at radius 3 is 2.69 bits per heavy atom. The Balaban J connectivity index is 1.59. The van der Waals surface area contributed by atoms with Crippen LogP contribution in [0.5, 0.6) is 0 Å². The van der Waals surface area contributed by atoms with Gasteiger partial charge in [0, 0.05) is 37.3 Å². The highest BCUT2D eigenvalue weighted by Crippen LogP contribution is 2.46. The molecular formula is C19H16FN3O2S. The van der Waals surface area contributed by atoms with Gasteiger partial charge < -0.3 is 4.57 Å². The van der Waals surface area contributed by atoms with E-state index in [1.54, 1.807) is 6.20 Å². The summed E-state index contributed by atoms with van der Waals surface area (Å²) in [6.45, 7) is 0.711. The van der Waals surface area contributed by atoms with Crippen molar-refractivity contribution in [3.63, 3.8) is 0 Å². The van der Waals surface area contributed by atoms with E-state index in [2.05, 4.69) is 4.98 Å². The Hall–Kier alpha value is -2.51. The molecule has 26 heavy (non-hydrogen) atoms. The van der Waals surface area contributed by atoms with E-state index < -0.39 is 15.8 Å². The molecule has 0 spiro atoms. The van der Waals surface area contributed by atoms with E-state index in [-0.39, 0.29) is 16.7 Å². The molecule has 1 fully saturated rings. The van der Waals surface area contributed by atoms with Gasteiger partial charge in [-0.3, -0.25) is 0 Å². The van der Waals surface area contributed by atoms with Crippen molar-refractivity contribution in [3.05, 3.63) is 78.1 Å². The standard InChI is InChI=1S/C19H16FN3O2S/c20-13-4-3-5-14(10-13)26(24,25)22-11-16-15-6-1-2-7-18(15)23-9-8-21-19(23)17(16)12-22/h1-10,16-17H,11-12H2/t16-,17-/m0/s1. The molecule has 5 nitrogen and oxygen atoms in total. The third-order valence-electron chi connectivity index (χ3n) is 5.32. The number of rotatable bonds is 2. The minimum atomic E-state index is -3.75. The van der Waals surface area contributed by atoms with Gasteiger partial charge in [-0.15, -0.1) is 0 Å². The largest absolute Gasteiger partial charge is 0.303 e. The molecule has 7 heteroatoms. The second-order valence-electron chi connectivity index (χ2n) is 6.71. The number of halogens is 1. The highest BCUT2D eigenvalue weighted by Gasteiger charge is 2.45. The Bertz CT molecular complexity index is 1110. The lowest BCUT2D eigenvalue weighted by Gasteiger charge is -2.28. The minimum Gasteiger partial charge on any atom is -0.303 e. The van der Waals surface area contributed by atoms with Gasteiger partial charge in [-0.25, -0.2) is 17.8 Å². The first-order valence-electron chi connectivity index (χ1n) is 8.44. The number of benzene rings is 2. The van der Waals surface area contributed by atoms with Gasteiger partial charge in [-0.05, 0) is 29.8 Å². The van der Waals surface area contributed by atoms with Gasteiger partial charge in [0.1, 0.15) is 11.6 Å². The maximum Gasteiger partial charge on any atom is 0.243 e. The van der Waals surface area contributed by atoms with Crippen LogP contribution >= 0.6 is 0 Å². The molecule has 2 atom stereocenters. The van der Waals surface area contributed by atoms with Crippen molar-refractivity contribution in [2.24, 2.45) is 0 Å². The smallest absolute Gasteiger partial charge is 0.243 e. The van der Waals surface area contributed by atoms with Crippen molar-refractivity contribution in [2.75, 3.05) is 13.1 Å². The van der Waals surface area contributed by atoms with Crippen LogP contribution < -0.4 is 0 Å². The van der Waals surface area contributed by atoms with E-state index in [0.717, 1.165) is 23.1 Å². The number of para-hydroxylation sites is 1. The molecule has 3 heterocycles. The number of nitrogens with zero attached hydrogens (tertiary/aromatic N) is 3. The highest BCUT2D eigenvalue weighted by atomic mass is 32.2. The SMILES string of the molecule is O=S(=O)(c1cccc(F)c1)N1C[C@@H]2c3nccn3-c3ccccc3[C@@H]2C1. The molecule has 5 rings (SSSR count). The maximum atomic E-state index is 13.5. The van der Waals surface area contributed by atoms with Crippen molar-refractivity contribution >= 4 is 10.0 Å². The molecule has 0 saturated carbocycles. The molecule has 0 bridgehead atoms. The molecule has 2 aliphatic heterocycles. The van der Waals surface area contributed by atoms with Gasteiger partial charge in [-0.2, -0.15) is 4.31 Å². The van der Waals surface area contributed by atoms with Crippen molar-refractivity contribution < 1.29 is 12.8 Å². The second-order valence-corrected chi connectivity index (χ2v) is 8.64. The number of imidazole rings is 1. The maximum absolute atomic E-state index is 13.5. The molecular weight excluding hydrogens is 353 g/mol. The van der Waals surface area contributed by atoms with Crippen molar-refractivity contribution in [3.8, 4) is 5.69 Å². The summed E-state index contributed by atoms with van der Waals surface area (Å²) in [5, 5.41) is 0. The fourth-order valence-electron chi connectivity index (χ4n) is 4.13. The first-order valence-corrected chi connectivity index (χ1v) is 9.88. The Morgan fingerprint density at radius 1 is 1.04 bits per heavy atom. The predicted molar refractivity (Wildman–Crippen MR) is 94.2 cm³/mol. The van der Waals surface area contributed by atoms with Crippen LogP contribution in [0.3, 0.4) is 0 Å². The number of hydrogen-bond donors (Lipinski definition) is 0. The summed E-state index contributed by atoms with van der Waals surface area (Å²) in [5.74, 6) is 0.363. The average Bonchev–Trinajstić information content (AvgIpc) is 3.29. The summed E-state index contributed by atoms with van der Waals surface area (Å²) >= 11 is 0. The first-order chi connectivity index (χ1) is 12.6. The van der Waals surface area contributed by atoms with Crippen molar-refractivity contribution in [2.45, 2.75) is 16.7 Å². The van der Waals surface area contributed by atoms with E-state index in [4.69, 9.17) is 0 Å². The molecule has 3 aromatic rings. The molecule has 0 radical (unpaired) electrons. The minimum absolute atomic E-state index is 0.00669. The lowest BCUT2D eigenvalue weighted by molar-refractivity contribution is 0.469. The second kappa shape index (κ2) is 5.49. The van der Waals surface area contributed by atoms with E-state index in [1.807, 2.05) is 35.0 Å². The van der Waals surface area contributed by atoms with Crippen molar-refractivity contribution in [1.82, 2.24) is 13.9 Å². The summed E-state index contributed by atoms with van der Waals surface area (Å²) in [7, 11) is -3.75. The number of hydrogen-bond acceptors (Lipinski definition) is 3. The Labute approximate surface area is 150 Å². The summed E-state index contributed by atoms with van der Waals surface area (Å²) in [6.07, 6.45) is 3.66. The molecule has 2 aliphatic rings. The van der Waals surface area contributed by atoms with Crippen molar-refractivity contribution in [1.29, 1.82) is 0 Å². The van der Waals surface area contributed by atoms with E-state index in [9.17, 15) is 12.8 Å². The molecule has 1 aromatic heterocycles. The van der Waals surface area contributed by atoms with Crippen LogP contribution in [-0.2, 0) is 10.0 Å². The fraction of sp³-hybridized carbons (Fsp3) is 0.211. The monoisotopic (exact) mass is 369 g/mol. The van der Waals surface area contributed by atoms with E-state index >= 15 is 0 Å². The Morgan fingerprint density at radius 2 is 1.85 bits per heavy atom. The lowest BCUT2D eigenvalue weighted by Crippen LogP contribution is -2.29. The predicted octanol–water partition coefficient (Wildman–Crippen LogP) is 2.90. The normalized spacial score (nSPS) is 21.9. The van der Waals surface area contributed by atoms with Crippen LogP contribution in [0.25, 0.3) is 5.69 Å². The van der Waals surface area contributed by atoms with Gasteiger partial charge >= 0.3 is 0 Å². The zero-order valence-electron chi connectivity index (χ0n) is 13.8. The lowest BCUT2D eigenvalue weighted by atomic mass is 9.84. The molecule has 0 N–H and O–H groups in total. The van der Waals surface area contributed by atoms with E-state index in [1.165, 1.54) is 22.5 Å². The average molecular weight is 369 g/mol. The molecule has 0 aliphatic carbocycles. The van der Waals surface area contributed by atoms with Crippen LogP contribution in [0.15, 0.2) is 65.8 Å². The summed E-state index contributed by atoms with van der Waals surface area (Å²) < 4.78 is 43.1. The summed E-state index contributed by atoms with van der Waals surface area (Å²) in [5.41, 5.74) is 2.17. The van der Waals surface area contributed by atoms with Gasteiger partial charge in [0.25, 0.3) is 0 Å². The number of aromatic nitrogens is 2. The van der Waals surface area contributed by atoms with Crippen LogP contribution in [0.2, 0.25) is 0 Å². The Kier molecular flexibility index (Phi) is 3.32. The molecule has 2 aromatic carbocycles. The van der Waals surface area contributed by atoms with Crippen LogP contribution in [-0.4, -0.2) is 35.4 Å². The molecule has 1 saturated heterocycles. The summed E-state index contributed by atoms with van der Waals surface area (Å²) in [6, 6.07) is 13.2. The highest BCUT2D eigenvalue weighted by molar-refractivity contribution is 7.89. The van der Waals surface area contributed by atoms with E-state index in [0.29, 0.717) is 13.1 Å². The fourth-order valence-corrected chi connectivity index (χ4v) is 5.65. The van der Waals surface area contributed by atoms with Crippen LogP contribution in [0.1, 0.15) is 23.2 Å². The quantitative estimate of drug-likeness (QED) is 0.698. The number of sulfonamides is 1. The van der Waals surface area contributed by atoms with Gasteiger partial charge in [0.15, 0.2) is 0 Å². The first kappa shape index (κ1) is 15.7. The third kappa shape index (κ3) is 2.17. The van der Waals surface area contributed by atoms with Gasteiger partial charge in [0.2, 0.25) is 10.0 Å². The third-order valence-corrected chi connectivity index (χ3v) is 7.14. The number of fused-ring (bicyclic) bond motifs is 6. The zero-order valence-corrected chi connectivity index (χ0v) is 14.6. The topological polar surface area (TPSA) is 55.2 Å². The van der Waals surface area contributed by atoms with Crippen LogP contribution in [0, 0.1) is 5.82 Å². The summed E-state index contributed by atoms with van der Waals surface area (Å²) in [4.78, 5) is 4.48. The molecule has 0 unspecified atom stereocenters. The van der Waals surface area contributed by atoms with Gasteiger partial charge in [0.05, 0.1) is 10.6 Å². The molecule has 0 amide bonds. The zero-order chi connectivity index (χ0) is 17.9. The van der Waals surface area contributed by atoms with Crippen LogP contribution in [0.4, 0.5) is 4.39 Å².